The van der Waals surface area contributed by atoms with E-state index in [1.165, 1.54) is 19.3 Å². The van der Waals surface area contributed by atoms with E-state index in [0.29, 0.717) is 31.8 Å². The van der Waals surface area contributed by atoms with Gasteiger partial charge in [0.1, 0.15) is 0 Å². The molecule has 0 radical (unpaired) electrons. The monoisotopic (exact) mass is 528 g/mol. The van der Waals surface area contributed by atoms with Gasteiger partial charge in [-0.25, -0.2) is 0 Å². The van der Waals surface area contributed by atoms with E-state index in [1.54, 1.807) is 16.2 Å². The van der Waals surface area contributed by atoms with Crippen molar-refractivity contribution in [2.45, 2.75) is 83.9 Å². The largest absolute Gasteiger partial charge is 0.454 e. The molecule has 37 heavy (non-hydrogen) atoms. The summed E-state index contributed by atoms with van der Waals surface area (Å²) in [6.45, 7) is 4.65. The lowest BCUT2D eigenvalue weighted by Gasteiger charge is -2.29. The van der Waals surface area contributed by atoms with Crippen LogP contribution < -0.4 is 9.47 Å². The summed E-state index contributed by atoms with van der Waals surface area (Å²) in [7, 11) is 0. The molecule has 0 aliphatic carbocycles. The molecular formula is C29H40N2O5S. The molecule has 8 heteroatoms. The zero-order valence-corrected chi connectivity index (χ0v) is 22.8. The minimum atomic E-state index is -0.0552. The fraction of sp³-hybridized carbons (Fsp3) is 0.586. The average molecular weight is 529 g/mol. The number of rotatable bonds is 15. The first kappa shape index (κ1) is 27.5. The van der Waals surface area contributed by atoms with Gasteiger partial charge in [0.2, 0.25) is 18.6 Å². The van der Waals surface area contributed by atoms with E-state index in [4.69, 9.17) is 14.2 Å². The van der Waals surface area contributed by atoms with Crippen molar-refractivity contribution >= 4 is 23.2 Å². The van der Waals surface area contributed by atoms with E-state index >= 15 is 0 Å². The number of fused-ring (bicyclic) bond motifs is 1. The standard InChI is InChI=1S/C29H40N2O5S/c1-2-3-4-5-6-7-12-28(32)31(19-24-10-8-15-34-24)21-29(33)30(20-25-11-9-16-37-25)18-23-13-14-26-27(17-23)36-22-35-26/h9,11,13-14,16-17,24H,2-8,10,12,15,18-22H2,1H3. The van der Waals surface area contributed by atoms with Gasteiger partial charge < -0.3 is 24.0 Å². The third-order valence-electron chi connectivity index (χ3n) is 6.96. The fourth-order valence-corrected chi connectivity index (χ4v) is 5.57. The van der Waals surface area contributed by atoms with Gasteiger partial charge in [0.05, 0.1) is 19.2 Å². The lowest BCUT2D eigenvalue weighted by Crippen LogP contribution is -2.45. The van der Waals surface area contributed by atoms with E-state index in [2.05, 4.69) is 6.92 Å². The second-order valence-corrected chi connectivity index (χ2v) is 11.0. The van der Waals surface area contributed by atoms with Crippen LogP contribution in [0.5, 0.6) is 11.5 Å². The summed E-state index contributed by atoms with van der Waals surface area (Å²) in [5.41, 5.74) is 0.971. The summed E-state index contributed by atoms with van der Waals surface area (Å²) in [4.78, 5) is 31.6. The predicted molar refractivity (Wildman–Crippen MR) is 145 cm³/mol. The van der Waals surface area contributed by atoms with Crippen LogP contribution in [-0.2, 0) is 27.4 Å². The molecule has 1 aromatic heterocycles. The molecule has 2 amide bonds. The number of thiophene rings is 1. The van der Waals surface area contributed by atoms with Crippen LogP contribution in [-0.4, -0.2) is 54.2 Å². The summed E-state index contributed by atoms with van der Waals surface area (Å²) in [5.74, 6) is 1.43. The average Bonchev–Trinajstić information content (AvgIpc) is 3.68. The number of hydrogen-bond acceptors (Lipinski definition) is 6. The van der Waals surface area contributed by atoms with Crippen LogP contribution in [0.4, 0.5) is 0 Å². The summed E-state index contributed by atoms with van der Waals surface area (Å²) in [5, 5.41) is 2.02. The highest BCUT2D eigenvalue weighted by Crippen LogP contribution is 2.33. The maximum Gasteiger partial charge on any atom is 0.242 e. The molecule has 7 nitrogen and oxygen atoms in total. The third-order valence-corrected chi connectivity index (χ3v) is 7.82. The van der Waals surface area contributed by atoms with Crippen molar-refractivity contribution in [3.05, 3.63) is 46.2 Å². The van der Waals surface area contributed by atoms with Crippen molar-refractivity contribution in [1.82, 2.24) is 9.80 Å². The molecule has 3 heterocycles. The molecule has 202 valence electrons. The molecule has 2 aliphatic heterocycles. The Balaban J connectivity index is 1.41. The lowest BCUT2D eigenvalue weighted by molar-refractivity contribution is -0.142. The van der Waals surface area contributed by atoms with Gasteiger partial charge in [-0.15, -0.1) is 11.3 Å². The SMILES string of the molecule is CCCCCCCCC(=O)N(CC(=O)N(Cc1ccc2c(c1)OCO2)Cc1cccs1)CC1CCCO1. The highest BCUT2D eigenvalue weighted by Gasteiger charge is 2.27. The maximum atomic E-state index is 13.7. The molecule has 0 saturated carbocycles. The Hall–Kier alpha value is -2.58. The number of unbranched alkanes of at least 4 members (excludes halogenated alkanes) is 5. The molecule has 1 unspecified atom stereocenters. The number of carbonyl (C=O) groups excluding carboxylic acids is 2. The van der Waals surface area contributed by atoms with Crippen molar-refractivity contribution in [1.29, 1.82) is 0 Å². The van der Waals surface area contributed by atoms with Crippen molar-refractivity contribution in [3.8, 4) is 11.5 Å². The molecule has 1 fully saturated rings. The molecule has 0 spiro atoms. The quantitative estimate of drug-likeness (QED) is 0.275. The Labute approximate surface area is 224 Å². The minimum absolute atomic E-state index is 0.0147. The Morgan fingerprint density at radius 2 is 1.81 bits per heavy atom. The minimum Gasteiger partial charge on any atom is -0.454 e. The van der Waals surface area contributed by atoms with Crippen LogP contribution in [0.1, 0.15) is 75.2 Å². The summed E-state index contributed by atoms with van der Waals surface area (Å²) in [6.07, 6.45) is 9.21. The number of hydrogen-bond donors (Lipinski definition) is 0. The van der Waals surface area contributed by atoms with Gasteiger partial charge in [-0.2, -0.15) is 0 Å². The summed E-state index contributed by atoms with van der Waals surface area (Å²) < 4.78 is 16.8. The predicted octanol–water partition coefficient (Wildman–Crippen LogP) is 5.76. The van der Waals surface area contributed by atoms with Crippen LogP contribution in [0.3, 0.4) is 0 Å². The van der Waals surface area contributed by atoms with E-state index in [1.807, 2.05) is 40.6 Å². The molecule has 0 bridgehead atoms. The maximum absolute atomic E-state index is 13.7. The smallest absolute Gasteiger partial charge is 0.242 e. The Morgan fingerprint density at radius 3 is 2.59 bits per heavy atom. The number of amides is 2. The van der Waals surface area contributed by atoms with Crippen molar-refractivity contribution < 1.29 is 23.8 Å². The first-order chi connectivity index (χ1) is 18.1. The number of ether oxygens (including phenoxy) is 3. The second kappa shape index (κ2) is 14.4. The molecule has 2 aliphatic rings. The summed E-state index contributed by atoms with van der Waals surface area (Å²) in [6, 6.07) is 9.83. The first-order valence-electron chi connectivity index (χ1n) is 13.7. The van der Waals surface area contributed by atoms with E-state index in [9.17, 15) is 9.59 Å². The highest BCUT2D eigenvalue weighted by molar-refractivity contribution is 7.09. The first-order valence-corrected chi connectivity index (χ1v) is 14.6. The molecule has 1 saturated heterocycles. The zero-order chi connectivity index (χ0) is 25.9. The molecule has 1 atom stereocenters. The summed E-state index contributed by atoms with van der Waals surface area (Å²) >= 11 is 1.63. The van der Waals surface area contributed by atoms with Crippen LogP contribution in [0.25, 0.3) is 0 Å². The molecular weight excluding hydrogens is 488 g/mol. The number of carbonyl (C=O) groups is 2. The second-order valence-electron chi connectivity index (χ2n) is 9.94. The molecule has 0 N–H and O–H groups in total. The van der Waals surface area contributed by atoms with E-state index < -0.39 is 0 Å². The van der Waals surface area contributed by atoms with Crippen molar-refractivity contribution in [3.63, 3.8) is 0 Å². The Morgan fingerprint density at radius 1 is 0.973 bits per heavy atom. The van der Waals surface area contributed by atoms with E-state index in [-0.39, 0.29) is 31.3 Å². The van der Waals surface area contributed by atoms with Crippen molar-refractivity contribution in [2.75, 3.05) is 26.5 Å². The van der Waals surface area contributed by atoms with Gasteiger partial charge >= 0.3 is 0 Å². The Kier molecular flexibility index (Phi) is 10.7. The van der Waals surface area contributed by atoms with Gasteiger partial charge in [0.25, 0.3) is 0 Å². The molecule has 2 aromatic rings. The third kappa shape index (κ3) is 8.47. The molecule has 1 aromatic carbocycles. The number of nitrogens with zero attached hydrogens (tertiary/aromatic N) is 2. The number of benzene rings is 1. The van der Waals surface area contributed by atoms with E-state index in [0.717, 1.165) is 54.9 Å². The molecule has 4 rings (SSSR count). The van der Waals surface area contributed by atoms with Crippen LogP contribution >= 0.6 is 11.3 Å². The van der Waals surface area contributed by atoms with Gasteiger partial charge in [-0.3, -0.25) is 9.59 Å². The van der Waals surface area contributed by atoms with Crippen molar-refractivity contribution in [2.24, 2.45) is 0 Å². The topological polar surface area (TPSA) is 68.3 Å². The zero-order valence-electron chi connectivity index (χ0n) is 22.0. The highest BCUT2D eigenvalue weighted by atomic mass is 32.1. The van der Waals surface area contributed by atoms with Gasteiger partial charge in [-0.05, 0) is 48.4 Å². The fourth-order valence-electron chi connectivity index (χ4n) is 4.85. The van der Waals surface area contributed by atoms with Gasteiger partial charge in [-0.1, -0.05) is 51.2 Å². The Bertz CT molecular complexity index is 990. The van der Waals surface area contributed by atoms with Gasteiger partial charge in [0.15, 0.2) is 11.5 Å². The normalized spacial score (nSPS) is 16.2. The van der Waals surface area contributed by atoms with Crippen LogP contribution in [0, 0.1) is 0 Å². The van der Waals surface area contributed by atoms with Crippen LogP contribution in [0.15, 0.2) is 35.7 Å². The van der Waals surface area contributed by atoms with Gasteiger partial charge in [0, 0.05) is 31.0 Å². The van der Waals surface area contributed by atoms with Crippen LogP contribution in [0.2, 0.25) is 0 Å². The lowest BCUT2D eigenvalue weighted by atomic mass is 10.1.